The van der Waals surface area contributed by atoms with Crippen LogP contribution < -0.4 is 15.4 Å². The maximum Gasteiger partial charge on any atom is 0.323 e. The van der Waals surface area contributed by atoms with Gasteiger partial charge in [0.1, 0.15) is 12.4 Å². The van der Waals surface area contributed by atoms with E-state index < -0.39 is 23.4 Å². The van der Waals surface area contributed by atoms with Crippen molar-refractivity contribution in [3.8, 4) is 5.75 Å². The number of anilines is 2. The summed E-state index contributed by atoms with van der Waals surface area (Å²) >= 11 is 0. The molecule has 1 unspecified atom stereocenters. The number of nitrogens with one attached hydrogen (secondary N) is 2. The first-order chi connectivity index (χ1) is 12.9. The molecule has 2 aromatic rings. The van der Waals surface area contributed by atoms with E-state index in [2.05, 4.69) is 10.6 Å². The van der Waals surface area contributed by atoms with Crippen molar-refractivity contribution in [2.24, 2.45) is 0 Å². The molecule has 1 heterocycles. The third-order valence-corrected chi connectivity index (χ3v) is 3.93. The maximum atomic E-state index is 14.8. The Bertz CT molecular complexity index is 898. The van der Waals surface area contributed by atoms with Crippen LogP contribution in [0.5, 0.6) is 5.75 Å². The van der Waals surface area contributed by atoms with Crippen LogP contribution in [0.3, 0.4) is 0 Å². The fourth-order valence-electron chi connectivity index (χ4n) is 2.59. The number of halogens is 1. The number of carbonyl (C=O) groups excluding carboxylic acids is 2. The van der Waals surface area contributed by atoms with Crippen LogP contribution in [-0.4, -0.2) is 24.2 Å². The number of ether oxygens (including phenoxy) is 2. The molecule has 0 aliphatic carbocycles. The van der Waals surface area contributed by atoms with Crippen LogP contribution in [0.15, 0.2) is 48.5 Å². The zero-order valence-corrected chi connectivity index (χ0v) is 14.9. The zero-order chi connectivity index (χ0) is 19.4. The van der Waals surface area contributed by atoms with E-state index in [1.165, 1.54) is 13.0 Å². The Hall–Kier alpha value is -3.35. The van der Waals surface area contributed by atoms with Crippen molar-refractivity contribution in [2.75, 3.05) is 17.2 Å². The van der Waals surface area contributed by atoms with Crippen molar-refractivity contribution in [3.63, 3.8) is 0 Å². The second-order valence-corrected chi connectivity index (χ2v) is 6.31. The summed E-state index contributed by atoms with van der Waals surface area (Å²) in [6.07, 6.45) is 3.17. The third kappa shape index (κ3) is 4.44. The standard InChI is InChI=1S/C20H19FN2O4/c1-13(24)26-12-20(2)11-10-15-17(27-20)9-8-16(18(15)21)23-19(25)22-14-6-4-3-5-7-14/h3-11H,12H2,1-2H3,(H2,22,23,25). The van der Waals surface area contributed by atoms with Crippen molar-refractivity contribution in [2.45, 2.75) is 19.4 Å². The van der Waals surface area contributed by atoms with Crippen molar-refractivity contribution in [3.05, 3.63) is 59.9 Å². The van der Waals surface area contributed by atoms with Gasteiger partial charge in [0.2, 0.25) is 0 Å². The van der Waals surface area contributed by atoms with Gasteiger partial charge in [-0.2, -0.15) is 0 Å². The van der Waals surface area contributed by atoms with E-state index in [4.69, 9.17) is 9.47 Å². The Morgan fingerprint density at radius 1 is 1.15 bits per heavy atom. The van der Waals surface area contributed by atoms with Gasteiger partial charge in [0.25, 0.3) is 0 Å². The largest absolute Gasteiger partial charge is 0.479 e. The Morgan fingerprint density at radius 2 is 1.89 bits per heavy atom. The number of amides is 2. The molecule has 2 aromatic carbocycles. The van der Waals surface area contributed by atoms with Crippen molar-refractivity contribution in [1.29, 1.82) is 0 Å². The smallest absolute Gasteiger partial charge is 0.323 e. The topological polar surface area (TPSA) is 76.7 Å². The SMILES string of the molecule is CC(=O)OCC1(C)C=Cc2c(ccc(NC(=O)Nc3ccccc3)c2F)O1. The van der Waals surface area contributed by atoms with Gasteiger partial charge in [-0.1, -0.05) is 18.2 Å². The highest BCUT2D eigenvalue weighted by atomic mass is 19.1. The fraction of sp³-hybridized carbons (Fsp3) is 0.200. The van der Waals surface area contributed by atoms with E-state index in [-0.39, 0.29) is 17.9 Å². The van der Waals surface area contributed by atoms with Crippen molar-refractivity contribution in [1.82, 2.24) is 0 Å². The molecule has 3 rings (SSSR count). The van der Waals surface area contributed by atoms with Crippen LogP contribution >= 0.6 is 0 Å². The van der Waals surface area contributed by atoms with Crippen molar-refractivity contribution < 1.29 is 23.5 Å². The Morgan fingerprint density at radius 3 is 2.59 bits per heavy atom. The van der Waals surface area contributed by atoms with Gasteiger partial charge in [0.15, 0.2) is 11.4 Å². The van der Waals surface area contributed by atoms with Gasteiger partial charge in [-0.25, -0.2) is 9.18 Å². The minimum absolute atomic E-state index is 0.0133. The first-order valence-corrected chi connectivity index (χ1v) is 8.33. The molecule has 0 fully saturated rings. The average Bonchev–Trinajstić information content (AvgIpc) is 2.63. The summed E-state index contributed by atoms with van der Waals surface area (Å²) < 4.78 is 25.5. The second kappa shape index (κ2) is 7.49. The maximum absolute atomic E-state index is 14.8. The highest BCUT2D eigenvalue weighted by Crippen LogP contribution is 2.35. The summed E-state index contributed by atoms with van der Waals surface area (Å²) in [4.78, 5) is 23.1. The Kier molecular flexibility index (Phi) is 5.12. The minimum Gasteiger partial charge on any atom is -0.479 e. The van der Waals surface area contributed by atoms with Crippen LogP contribution in [0.4, 0.5) is 20.6 Å². The zero-order valence-electron chi connectivity index (χ0n) is 14.9. The number of hydrogen-bond donors (Lipinski definition) is 2. The van der Waals surface area contributed by atoms with E-state index >= 15 is 0 Å². The summed E-state index contributed by atoms with van der Waals surface area (Å²) in [5.41, 5.74) is -0.0465. The summed E-state index contributed by atoms with van der Waals surface area (Å²) in [6.45, 7) is 3.05. The predicted octanol–water partition coefficient (Wildman–Crippen LogP) is 4.20. The van der Waals surface area contributed by atoms with Gasteiger partial charge in [0, 0.05) is 12.6 Å². The van der Waals surface area contributed by atoms with Crippen molar-refractivity contribution >= 4 is 29.5 Å². The molecule has 0 aromatic heterocycles. The first kappa shape index (κ1) is 18.4. The van der Waals surface area contributed by atoms with Crippen LogP contribution in [0.2, 0.25) is 0 Å². The molecular weight excluding hydrogens is 351 g/mol. The molecule has 0 saturated heterocycles. The van der Waals surface area contributed by atoms with Crippen LogP contribution in [0.25, 0.3) is 6.08 Å². The van der Waals surface area contributed by atoms with Gasteiger partial charge >= 0.3 is 12.0 Å². The average molecular weight is 370 g/mol. The number of para-hydroxylation sites is 1. The summed E-state index contributed by atoms with van der Waals surface area (Å²) in [7, 11) is 0. The van der Waals surface area contributed by atoms with Crippen LogP contribution in [0, 0.1) is 5.82 Å². The van der Waals surface area contributed by atoms with Gasteiger partial charge in [-0.3, -0.25) is 4.79 Å². The lowest BCUT2D eigenvalue weighted by molar-refractivity contribution is -0.145. The lowest BCUT2D eigenvalue weighted by Gasteiger charge is -2.31. The summed E-state index contributed by atoms with van der Waals surface area (Å²) in [6, 6.07) is 11.3. The van der Waals surface area contributed by atoms with Crippen LogP contribution in [0.1, 0.15) is 19.4 Å². The first-order valence-electron chi connectivity index (χ1n) is 8.33. The molecule has 1 aliphatic rings. The molecule has 1 aliphatic heterocycles. The van der Waals surface area contributed by atoms with E-state index in [0.717, 1.165) is 0 Å². The Balaban J connectivity index is 1.73. The number of fused-ring (bicyclic) bond motifs is 1. The lowest BCUT2D eigenvalue weighted by atomic mass is 10.0. The molecule has 0 saturated carbocycles. The van der Waals surface area contributed by atoms with E-state index in [0.29, 0.717) is 11.4 Å². The number of urea groups is 1. The number of benzene rings is 2. The molecule has 2 N–H and O–H groups in total. The molecular formula is C20H19FN2O4. The number of rotatable bonds is 4. The van der Waals surface area contributed by atoms with Gasteiger partial charge in [0.05, 0.1) is 11.3 Å². The van der Waals surface area contributed by atoms with E-state index in [9.17, 15) is 14.0 Å². The normalized spacial score (nSPS) is 17.4. The van der Waals surface area contributed by atoms with Gasteiger partial charge in [-0.05, 0) is 43.3 Å². The van der Waals surface area contributed by atoms with E-state index in [1.54, 1.807) is 49.4 Å². The highest BCUT2D eigenvalue weighted by molar-refractivity contribution is 6.00. The minimum atomic E-state index is -0.884. The number of esters is 1. The molecule has 0 bridgehead atoms. The molecule has 0 spiro atoms. The van der Waals surface area contributed by atoms with Crippen LogP contribution in [-0.2, 0) is 9.53 Å². The lowest BCUT2D eigenvalue weighted by Crippen LogP contribution is -2.38. The third-order valence-electron chi connectivity index (χ3n) is 3.93. The van der Waals surface area contributed by atoms with Gasteiger partial charge in [-0.15, -0.1) is 0 Å². The Labute approximate surface area is 156 Å². The quantitative estimate of drug-likeness (QED) is 0.791. The highest BCUT2D eigenvalue weighted by Gasteiger charge is 2.30. The summed E-state index contributed by atoms with van der Waals surface area (Å²) in [5, 5.41) is 5.11. The molecule has 7 heteroatoms. The van der Waals surface area contributed by atoms with E-state index in [1.807, 2.05) is 6.07 Å². The second-order valence-electron chi connectivity index (χ2n) is 6.31. The number of hydrogen-bond acceptors (Lipinski definition) is 4. The molecule has 6 nitrogen and oxygen atoms in total. The fourth-order valence-corrected chi connectivity index (χ4v) is 2.59. The predicted molar refractivity (Wildman–Crippen MR) is 100 cm³/mol. The molecule has 0 radical (unpaired) electrons. The van der Waals surface area contributed by atoms with Gasteiger partial charge < -0.3 is 20.1 Å². The monoisotopic (exact) mass is 370 g/mol. The molecule has 27 heavy (non-hydrogen) atoms. The molecule has 140 valence electrons. The molecule has 1 atom stereocenters. The number of carbonyl (C=O) groups is 2. The summed E-state index contributed by atoms with van der Waals surface area (Å²) in [5.74, 6) is -0.727. The molecule has 2 amide bonds.